The minimum absolute atomic E-state index is 0.0755. The van der Waals surface area contributed by atoms with Crippen LogP contribution in [0.3, 0.4) is 0 Å². The molecule has 0 aliphatic carbocycles. The van der Waals surface area contributed by atoms with E-state index in [1.54, 1.807) is 18.2 Å². The van der Waals surface area contributed by atoms with Gasteiger partial charge in [0.1, 0.15) is 12.4 Å². The van der Waals surface area contributed by atoms with Crippen molar-refractivity contribution in [3.05, 3.63) is 28.2 Å². The molecule has 1 rings (SSSR count). The molecule has 5 heteroatoms. The van der Waals surface area contributed by atoms with Crippen molar-refractivity contribution in [3.63, 3.8) is 0 Å². The molecule has 0 saturated carbocycles. The zero-order valence-electron chi connectivity index (χ0n) is 7.10. The van der Waals surface area contributed by atoms with Gasteiger partial charge in [-0.05, 0) is 18.2 Å². The topological polar surface area (TPSA) is 52.6 Å². The molecule has 1 aromatic rings. The highest BCUT2D eigenvalue weighted by atomic mass is 79.9. The number of hydrogen-bond donors (Lipinski definition) is 0. The van der Waals surface area contributed by atoms with Gasteiger partial charge in [-0.3, -0.25) is 9.59 Å². The van der Waals surface area contributed by atoms with Gasteiger partial charge in [0.05, 0.1) is 0 Å². The zero-order chi connectivity index (χ0) is 10.4. The third kappa shape index (κ3) is 2.85. The molecule has 0 unspecified atom stereocenters. The second-order valence-corrected chi connectivity index (χ2v) is 3.29. The minimum Gasteiger partial charge on any atom is -0.463 e. The van der Waals surface area contributed by atoms with Crippen LogP contribution in [0.1, 0.15) is 5.56 Å². The quantitative estimate of drug-likeness (QED) is 0.754. The normalized spacial score (nSPS) is 9.21. The van der Waals surface area contributed by atoms with Crippen molar-refractivity contribution < 1.29 is 19.1 Å². The van der Waals surface area contributed by atoms with Crippen LogP contribution in [-0.4, -0.2) is 12.9 Å². The number of hydrogen-bond acceptors (Lipinski definition) is 4. The third-order valence-corrected chi connectivity index (χ3v) is 2.00. The molecule has 0 atom stereocenters. The Labute approximate surface area is 88.9 Å². The molecule has 0 heterocycles. The average molecular weight is 259 g/mol. The number of rotatable bonds is 5. The van der Waals surface area contributed by atoms with Crippen LogP contribution in [0.25, 0.3) is 0 Å². The Morgan fingerprint density at radius 3 is 2.71 bits per heavy atom. The summed E-state index contributed by atoms with van der Waals surface area (Å²) in [6.07, 6.45) is 0. The van der Waals surface area contributed by atoms with Crippen molar-refractivity contribution in [2.45, 2.75) is 6.61 Å². The number of ether oxygens (including phenoxy) is 2. The SMILES string of the molecule is O=COCc1cc(Br)ccc1OC=O. The predicted molar refractivity (Wildman–Crippen MR) is 51.7 cm³/mol. The fourth-order valence-electron chi connectivity index (χ4n) is 0.951. The van der Waals surface area contributed by atoms with Crippen molar-refractivity contribution in [3.8, 4) is 5.75 Å². The Bertz CT molecular complexity index is 338. The first-order valence-corrected chi connectivity index (χ1v) is 4.51. The van der Waals surface area contributed by atoms with E-state index < -0.39 is 0 Å². The highest BCUT2D eigenvalue weighted by Gasteiger charge is 2.04. The highest BCUT2D eigenvalue weighted by Crippen LogP contribution is 2.23. The monoisotopic (exact) mass is 258 g/mol. The number of benzene rings is 1. The van der Waals surface area contributed by atoms with E-state index in [0.29, 0.717) is 24.3 Å². The molecule has 0 radical (unpaired) electrons. The standard InChI is InChI=1S/C9H7BrO4/c10-8-1-2-9(14-6-12)7(3-8)4-13-5-11/h1-3,5-6H,4H2. The number of carbonyl (C=O) groups is 2. The highest BCUT2D eigenvalue weighted by molar-refractivity contribution is 9.10. The van der Waals surface area contributed by atoms with E-state index in [4.69, 9.17) is 4.74 Å². The van der Waals surface area contributed by atoms with Crippen LogP contribution in [0.4, 0.5) is 0 Å². The molecule has 1 aromatic carbocycles. The lowest BCUT2D eigenvalue weighted by Gasteiger charge is -2.06. The Balaban J connectivity index is 2.89. The van der Waals surface area contributed by atoms with Gasteiger partial charge < -0.3 is 9.47 Å². The van der Waals surface area contributed by atoms with Gasteiger partial charge in [-0.1, -0.05) is 15.9 Å². The van der Waals surface area contributed by atoms with Gasteiger partial charge in [-0.2, -0.15) is 0 Å². The average Bonchev–Trinajstić information content (AvgIpc) is 2.18. The molecule has 0 aliphatic heterocycles. The van der Waals surface area contributed by atoms with E-state index in [1.165, 1.54) is 0 Å². The van der Waals surface area contributed by atoms with Crippen LogP contribution >= 0.6 is 15.9 Å². The van der Waals surface area contributed by atoms with E-state index in [0.717, 1.165) is 4.47 Å². The fourth-order valence-corrected chi connectivity index (χ4v) is 1.36. The van der Waals surface area contributed by atoms with Crippen molar-refractivity contribution in [1.29, 1.82) is 0 Å². The molecule has 0 aliphatic rings. The Morgan fingerprint density at radius 1 is 1.29 bits per heavy atom. The summed E-state index contributed by atoms with van der Waals surface area (Å²) >= 11 is 3.25. The van der Waals surface area contributed by atoms with E-state index in [9.17, 15) is 9.59 Å². The maximum atomic E-state index is 10.1. The van der Waals surface area contributed by atoms with Gasteiger partial charge in [0.2, 0.25) is 0 Å². The van der Waals surface area contributed by atoms with Crippen molar-refractivity contribution >= 4 is 28.9 Å². The first-order chi connectivity index (χ1) is 6.77. The van der Waals surface area contributed by atoms with Gasteiger partial charge in [-0.25, -0.2) is 0 Å². The van der Waals surface area contributed by atoms with Crippen LogP contribution in [-0.2, 0) is 20.9 Å². The molecule has 0 spiro atoms. The Hall–Kier alpha value is -1.36. The van der Waals surface area contributed by atoms with E-state index in [2.05, 4.69) is 20.7 Å². The summed E-state index contributed by atoms with van der Waals surface area (Å²) in [6, 6.07) is 5.05. The summed E-state index contributed by atoms with van der Waals surface area (Å²) in [7, 11) is 0. The minimum atomic E-state index is 0.0755. The second-order valence-electron chi connectivity index (χ2n) is 2.37. The van der Waals surface area contributed by atoms with Crippen molar-refractivity contribution in [2.24, 2.45) is 0 Å². The molecule has 74 valence electrons. The van der Waals surface area contributed by atoms with Crippen LogP contribution in [0.5, 0.6) is 5.75 Å². The molecular weight excluding hydrogens is 252 g/mol. The van der Waals surface area contributed by atoms with Crippen LogP contribution < -0.4 is 4.74 Å². The maximum Gasteiger partial charge on any atom is 0.298 e. The van der Waals surface area contributed by atoms with E-state index in [1.807, 2.05) is 0 Å². The smallest absolute Gasteiger partial charge is 0.298 e. The molecule has 4 nitrogen and oxygen atoms in total. The summed E-state index contributed by atoms with van der Waals surface area (Å²) in [4.78, 5) is 20.1. The van der Waals surface area contributed by atoms with Gasteiger partial charge in [-0.15, -0.1) is 0 Å². The largest absolute Gasteiger partial charge is 0.463 e. The Morgan fingerprint density at radius 2 is 2.07 bits per heavy atom. The fraction of sp³-hybridized carbons (Fsp3) is 0.111. The second kappa shape index (κ2) is 5.39. The third-order valence-electron chi connectivity index (χ3n) is 1.50. The van der Waals surface area contributed by atoms with Crippen LogP contribution in [0.15, 0.2) is 22.7 Å². The molecule has 14 heavy (non-hydrogen) atoms. The predicted octanol–water partition coefficient (Wildman–Crippen LogP) is 1.66. The number of carbonyl (C=O) groups excluding carboxylic acids is 2. The van der Waals surface area contributed by atoms with Crippen molar-refractivity contribution in [2.75, 3.05) is 0 Å². The van der Waals surface area contributed by atoms with Gasteiger partial charge in [0, 0.05) is 10.0 Å². The molecule has 0 aromatic heterocycles. The summed E-state index contributed by atoms with van der Waals surface area (Å²) in [5, 5.41) is 0. The molecule has 0 fully saturated rings. The van der Waals surface area contributed by atoms with Gasteiger partial charge in [0.15, 0.2) is 0 Å². The summed E-state index contributed by atoms with van der Waals surface area (Å²) < 4.78 is 10.1. The summed E-state index contributed by atoms with van der Waals surface area (Å²) in [6.45, 7) is 0.741. The molecular formula is C9H7BrO4. The lowest BCUT2D eigenvalue weighted by molar-refractivity contribution is -0.129. The van der Waals surface area contributed by atoms with Gasteiger partial charge in [0.25, 0.3) is 12.9 Å². The van der Waals surface area contributed by atoms with Crippen molar-refractivity contribution in [1.82, 2.24) is 0 Å². The van der Waals surface area contributed by atoms with Crippen LogP contribution in [0, 0.1) is 0 Å². The number of halogens is 1. The Kier molecular flexibility index (Phi) is 4.12. The molecule has 0 saturated heterocycles. The lowest BCUT2D eigenvalue weighted by Crippen LogP contribution is -1.97. The first kappa shape index (κ1) is 10.7. The van der Waals surface area contributed by atoms with E-state index >= 15 is 0 Å². The molecule has 0 amide bonds. The maximum absolute atomic E-state index is 10.1. The van der Waals surface area contributed by atoms with Gasteiger partial charge >= 0.3 is 0 Å². The first-order valence-electron chi connectivity index (χ1n) is 3.72. The summed E-state index contributed by atoms with van der Waals surface area (Å²) in [5.41, 5.74) is 0.624. The molecule has 0 N–H and O–H groups in total. The summed E-state index contributed by atoms with van der Waals surface area (Å²) in [5.74, 6) is 0.380. The van der Waals surface area contributed by atoms with Crippen LogP contribution in [0.2, 0.25) is 0 Å². The lowest BCUT2D eigenvalue weighted by atomic mass is 10.2. The molecule has 0 bridgehead atoms. The zero-order valence-corrected chi connectivity index (χ0v) is 8.69. The van der Waals surface area contributed by atoms with E-state index in [-0.39, 0.29) is 6.61 Å².